The van der Waals surface area contributed by atoms with E-state index in [0.717, 1.165) is 17.8 Å². The molecule has 2 unspecified atom stereocenters. The molecule has 0 radical (unpaired) electrons. The van der Waals surface area contributed by atoms with Gasteiger partial charge in [-0.15, -0.1) is 0 Å². The Balaban J connectivity index is 2.37. The van der Waals surface area contributed by atoms with Crippen molar-refractivity contribution < 1.29 is 0 Å². The third kappa shape index (κ3) is 2.75. The Morgan fingerprint density at radius 2 is 1.45 bits per heavy atom. The zero-order valence-electron chi connectivity index (χ0n) is 16.2. The third-order valence-corrected chi connectivity index (χ3v) is 7.43. The summed E-state index contributed by atoms with van der Waals surface area (Å²) in [5.74, 6) is 2.21. The summed E-state index contributed by atoms with van der Waals surface area (Å²) in [6.07, 6.45) is 5.52. The lowest BCUT2D eigenvalue weighted by Gasteiger charge is -2.59. The van der Waals surface area contributed by atoms with Crippen LogP contribution < -0.4 is 5.32 Å². The molecule has 130 valence electrons. The van der Waals surface area contributed by atoms with E-state index in [1.54, 1.807) is 0 Å². The fourth-order valence-electron chi connectivity index (χ4n) is 5.88. The smallest absolute Gasteiger partial charge is 0.0258 e. The Hall–Kier alpha value is -0.0800. The molecule has 0 bridgehead atoms. The molecule has 2 saturated heterocycles. The van der Waals surface area contributed by atoms with Gasteiger partial charge in [0.05, 0.1) is 0 Å². The lowest BCUT2D eigenvalue weighted by Crippen LogP contribution is -2.65. The van der Waals surface area contributed by atoms with Crippen molar-refractivity contribution in [1.82, 2.24) is 10.2 Å². The monoisotopic (exact) mass is 308 g/mol. The summed E-state index contributed by atoms with van der Waals surface area (Å²) in [6, 6.07) is 0.674. The van der Waals surface area contributed by atoms with E-state index in [0.29, 0.717) is 17.0 Å². The van der Waals surface area contributed by atoms with E-state index in [9.17, 15) is 0 Å². The number of hydrogen-bond acceptors (Lipinski definition) is 2. The molecule has 2 fully saturated rings. The van der Waals surface area contributed by atoms with Gasteiger partial charge in [0.1, 0.15) is 0 Å². The van der Waals surface area contributed by atoms with Crippen molar-refractivity contribution in [2.45, 2.75) is 85.7 Å². The number of nitrogens with zero attached hydrogens (tertiary/aromatic N) is 1. The summed E-state index contributed by atoms with van der Waals surface area (Å²) in [5.41, 5.74) is 0.842. The zero-order valence-corrected chi connectivity index (χ0v) is 16.2. The van der Waals surface area contributed by atoms with Crippen molar-refractivity contribution in [3.8, 4) is 0 Å². The molecule has 1 N–H and O–H groups in total. The highest BCUT2D eigenvalue weighted by Gasteiger charge is 2.52. The SMILES string of the molecule is CC(C)C1(C(C)N2CCCCC2(C(C)C)C(C)C)CCNC1. The summed E-state index contributed by atoms with van der Waals surface area (Å²) < 4.78 is 0. The molecule has 2 aliphatic rings. The average Bonchev–Trinajstić information content (AvgIpc) is 2.96. The second kappa shape index (κ2) is 6.81. The maximum atomic E-state index is 3.67. The van der Waals surface area contributed by atoms with E-state index in [-0.39, 0.29) is 0 Å². The average molecular weight is 309 g/mol. The summed E-state index contributed by atoms with van der Waals surface area (Å²) >= 11 is 0. The highest BCUT2D eigenvalue weighted by molar-refractivity contribution is 5.06. The van der Waals surface area contributed by atoms with Crippen LogP contribution in [0, 0.1) is 23.2 Å². The molecule has 0 spiro atoms. The Morgan fingerprint density at radius 3 is 1.91 bits per heavy atom. The number of nitrogens with one attached hydrogen (secondary N) is 1. The minimum absolute atomic E-state index is 0.391. The molecule has 0 aromatic rings. The van der Waals surface area contributed by atoms with Gasteiger partial charge in [0.2, 0.25) is 0 Å². The van der Waals surface area contributed by atoms with Gasteiger partial charge in [-0.25, -0.2) is 0 Å². The molecule has 0 amide bonds. The number of hydrogen-bond donors (Lipinski definition) is 1. The van der Waals surface area contributed by atoms with Gasteiger partial charge in [-0.3, -0.25) is 4.90 Å². The molecule has 2 heterocycles. The molecule has 2 atom stereocenters. The van der Waals surface area contributed by atoms with Crippen LogP contribution in [-0.4, -0.2) is 36.1 Å². The van der Waals surface area contributed by atoms with Gasteiger partial charge in [0.15, 0.2) is 0 Å². The van der Waals surface area contributed by atoms with Crippen molar-refractivity contribution in [3.63, 3.8) is 0 Å². The first-order chi connectivity index (χ1) is 10.3. The molecule has 2 aliphatic heterocycles. The third-order valence-electron chi connectivity index (χ3n) is 7.43. The largest absolute Gasteiger partial charge is 0.316 e. The Kier molecular flexibility index (Phi) is 5.65. The van der Waals surface area contributed by atoms with Gasteiger partial charge in [-0.1, -0.05) is 48.0 Å². The van der Waals surface area contributed by atoms with Crippen molar-refractivity contribution in [1.29, 1.82) is 0 Å². The summed E-state index contributed by atoms with van der Waals surface area (Å²) in [7, 11) is 0. The van der Waals surface area contributed by atoms with E-state index in [2.05, 4.69) is 58.7 Å². The Labute approximate surface area is 139 Å². The summed E-state index contributed by atoms with van der Waals surface area (Å²) in [5, 5.41) is 3.67. The van der Waals surface area contributed by atoms with E-state index in [4.69, 9.17) is 0 Å². The van der Waals surface area contributed by atoms with Crippen LogP contribution in [0.5, 0.6) is 0 Å². The van der Waals surface area contributed by atoms with E-state index >= 15 is 0 Å². The van der Waals surface area contributed by atoms with Crippen LogP contribution in [0.25, 0.3) is 0 Å². The van der Waals surface area contributed by atoms with Gasteiger partial charge in [-0.2, -0.15) is 0 Å². The van der Waals surface area contributed by atoms with Gasteiger partial charge in [-0.05, 0) is 57.0 Å². The van der Waals surface area contributed by atoms with E-state index in [1.807, 2.05) is 0 Å². The fourth-order valence-corrected chi connectivity index (χ4v) is 5.88. The topological polar surface area (TPSA) is 15.3 Å². The molecule has 2 rings (SSSR count). The molecule has 0 saturated carbocycles. The van der Waals surface area contributed by atoms with Crippen LogP contribution in [0.3, 0.4) is 0 Å². The molecule has 0 aromatic heterocycles. The van der Waals surface area contributed by atoms with Crippen molar-refractivity contribution in [2.75, 3.05) is 19.6 Å². The minimum Gasteiger partial charge on any atom is -0.316 e. The van der Waals surface area contributed by atoms with Crippen LogP contribution >= 0.6 is 0 Å². The van der Waals surface area contributed by atoms with Crippen molar-refractivity contribution in [3.05, 3.63) is 0 Å². The minimum atomic E-state index is 0.391. The standard InChI is InChI=1S/C20H40N2/c1-15(2)19(11-12-21-14-19)18(7)22-13-9-8-10-20(22,16(3)4)17(5)6/h15-18,21H,8-14H2,1-7H3. The summed E-state index contributed by atoms with van der Waals surface area (Å²) in [4.78, 5) is 2.96. The van der Waals surface area contributed by atoms with E-state index < -0.39 is 0 Å². The second-order valence-electron chi connectivity index (χ2n) is 8.94. The highest BCUT2D eigenvalue weighted by Crippen LogP contribution is 2.48. The number of rotatable bonds is 5. The molecular formula is C20H40N2. The lowest BCUT2D eigenvalue weighted by molar-refractivity contribution is -0.0941. The van der Waals surface area contributed by atoms with Gasteiger partial charge < -0.3 is 5.32 Å². The van der Waals surface area contributed by atoms with Gasteiger partial charge in [0.25, 0.3) is 0 Å². The van der Waals surface area contributed by atoms with Crippen molar-refractivity contribution in [2.24, 2.45) is 23.2 Å². The molecule has 2 heteroatoms. The van der Waals surface area contributed by atoms with Crippen LogP contribution in [0.2, 0.25) is 0 Å². The van der Waals surface area contributed by atoms with Crippen LogP contribution in [0.4, 0.5) is 0 Å². The molecular weight excluding hydrogens is 268 g/mol. The number of likely N-dealkylation sites (tertiary alicyclic amines) is 1. The Morgan fingerprint density at radius 1 is 0.818 bits per heavy atom. The molecule has 2 nitrogen and oxygen atoms in total. The molecule has 0 aromatic carbocycles. The predicted molar refractivity (Wildman–Crippen MR) is 97.2 cm³/mol. The quantitative estimate of drug-likeness (QED) is 0.801. The van der Waals surface area contributed by atoms with Gasteiger partial charge >= 0.3 is 0 Å². The maximum Gasteiger partial charge on any atom is 0.0258 e. The normalized spacial score (nSPS) is 31.4. The molecule has 0 aliphatic carbocycles. The fraction of sp³-hybridized carbons (Fsp3) is 1.00. The summed E-state index contributed by atoms with van der Waals surface area (Å²) in [6.45, 7) is 21.0. The van der Waals surface area contributed by atoms with Crippen LogP contribution in [-0.2, 0) is 0 Å². The van der Waals surface area contributed by atoms with Gasteiger partial charge in [0, 0.05) is 23.5 Å². The lowest BCUT2D eigenvalue weighted by atomic mass is 9.65. The first kappa shape index (κ1) is 18.3. The Bertz CT molecular complexity index is 345. The first-order valence-corrected chi connectivity index (χ1v) is 9.76. The van der Waals surface area contributed by atoms with E-state index in [1.165, 1.54) is 45.3 Å². The number of piperidine rings is 1. The maximum absolute atomic E-state index is 3.67. The van der Waals surface area contributed by atoms with Crippen LogP contribution in [0.15, 0.2) is 0 Å². The second-order valence-corrected chi connectivity index (χ2v) is 8.94. The highest BCUT2D eigenvalue weighted by atomic mass is 15.3. The first-order valence-electron chi connectivity index (χ1n) is 9.76. The zero-order chi connectivity index (χ0) is 16.5. The molecule has 22 heavy (non-hydrogen) atoms. The van der Waals surface area contributed by atoms with Crippen molar-refractivity contribution >= 4 is 0 Å². The van der Waals surface area contributed by atoms with Crippen LogP contribution in [0.1, 0.15) is 74.1 Å². The predicted octanol–water partition coefficient (Wildman–Crippen LogP) is 4.55.